The molecule has 2 heteroatoms. The standard InChI is InChI=1S/C12H14N2.C2H6/c13-10-12(6-8-14-9-7-12)11-4-2-1-3-5-11;1-2/h1-5,14H,6-9H2;1-2H3. The second-order valence-corrected chi connectivity index (χ2v) is 3.81. The number of rotatable bonds is 1. The summed E-state index contributed by atoms with van der Waals surface area (Å²) in [4.78, 5) is 0. The van der Waals surface area contributed by atoms with Crippen LogP contribution < -0.4 is 5.32 Å². The first-order chi connectivity index (χ1) is 7.87. The lowest BCUT2D eigenvalue weighted by atomic mass is 9.74. The molecular formula is C14H20N2. The zero-order valence-electron chi connectivity index (χ0n) is 10.2. The van der Waals surface area contributed by atoms with Gasteiger partial charge >= 0.3 is 0 Å². The van der Waals surface area contributed by atoms with Crippen LogP contribution in [0.4, 0.5) is 0 Å². The summed E-state index contributed by atoms with van der Waals surface area (Å²) in [5.41, 5.74) is 0.927. The first kappa shape index (κ1) is 12.7. The van der Waals surface area contributed by atoms with E-state index in [1.807, 2.05) is 32.0 Å². The third-order valence-electron chi connectivity index (χ3n) is 3.00. The van der Waals surface area contributed by atoms with Gasteiger partial charge in [-0.1, -0.05) is 44.2 Å². The second-order valence-electron chi connectivity index (χ2n) is 3.81. The van der Waals surface area contributed by atoms with E-state index in [1.165, 1.54) is 5.56 Å². The van der Waals surface area contributed by atoms with Crippen LogP contribution in [0.25, 0.3) is 0 Å². The molecule has 1 aromatic carbocycles. The fourth-order valence-corrected chi connectivity index (χ4v) is 2.08. The van der Waals surface area contributed by atoms with E-state index >= 15 is 0 Å². The normalized spacial score (nSPS) is 17.8. The van der Waals surface area contributed by atoms with Gasteiger partial charge in [0.15, 0.2) is 0 Å². The van der Waals surface area contributed by atoms with Gasteiger partial charge in [0, 0.05) is 0 Å². The van der Waals surface area contributed by atoms with Crippen molar-refractivity contribution in [2.75, 3.05) is 13.1 Å². The maximum absolute atomic E-state index is 9.32. The smallest absolute Gasteiger partial charge is 0.0846 e. The average molecular weight is 216 g/mol. The number of hydrogen-bond donors (Lipinski definition) is 1. The van der Waals surface area contributed by atoms with E-state index in [-0.39, 0.29) is 5.41 Å². The van der Waals surface area contributed by atoms with E-state index in [9.17, 15) is 5.26 Å². The zero-order valence-corrected chi connectivity index (χ0v) is 10.2. The summed E-state index contributed by atoms with van der Waals surface area (Å²) in [7, 11) is 0. The van der Waals surface area contributed by atoms with Crippen molar-refractivity contribution < 1.29 is 0 Å². The van der Waals surface area contributed by atoms with Gasteiger partial charge in [0.1, 0.15) is 0 Å². The van der Waals surface area contributed by atoms with Crippen LogP contribution in [-0.4, -0.2) is 13.1 Å². The number of piperidine rings is 1. The molecule has 0 saturated carbocycles. The van der Waals surface area contributed by atoms with Crippen LogP contribution >= 0.6 is 0 Å². The van der Waals surface area contributed by atoms with Crippen LogP contribution in [0.5, 0.6) is 0 Å². The summed E-state index contributed by atoms with van der Waals surface area (Å²) >= 11 is 0. The molecule has 2 rings (SSSR count). The molecule has 1 aromatic rings. The van der Waals surface area contributed by atoms with Crippen LogP contribution in [-0.2, 0) is 5.41 Å². The van der Waals surface area contributed by atoms with Gasteiger partial charge in [0.25, 0.3) is 0 Å². The van der Waals surface area contributed by atoms with E-state index in [0.29, 0.717) is 0 Å². The highest BCUT2D eigenvalue weighted by Crippen LogP contribution is 2.32. The zero-order chi connectivity index (χ0) is 11.9. The van der Waals surface area contributed by atoms with Crippen LogP contribution in [0.2, 0.25) is 0 Å². The lowest BCUT2D eigenvalue weighted by Gasteiger charge is -2.31. The minimum absolute atomic E-state index is 0.244. The maximum Gasteiger partial charge on any atom is 0.0846 e. The molecule has 1 N–H and O–H groups in total. The highest BCUT2D eigenvalue weighted by atomic mass is 14.9. The van der Waals surface area contributed by atoms with E-state index in [1.54, 1.807) is 0 Å². The molecule has 1 heterocycles. The predicted octanol–water partition coefficient (Wildman–Crippen LogP) is 2.86. The molecular weight excluding hydrogens is 196 g/mol. The summed E-state index contributed by atoms with van der Waals surface area (Å²) in [5, 5.41) is 12.6. The molecule has 0 atom stereocenters. The van der Waals surface area contributed by atoms with Crippen molar-refractivity contribution in [2.24, 2.45) is 0 Å². The molecule has 0 radical (unpaired) electrons. The van der Waals surface area contributed by atoms with Crippen molar-refractivity contribution in [3.8, 4) is 6.07 Å². The highest BCUT2D eigenvalue weighted by Gasteiger charge is 2.33. The van der Waals surface area contributed by atoms with E-state index in [4.69, 9.17) is 0 Å². The fourth-order valence-electron chi connectivity index (χ4n) is 2.08. The molecule has 0 unspecified atom stereocenters. The summed E-state index contributed by atoms with van der Waals surface area (Å²) in [6.07, 6.45) is 1.85. The van der Waals surface area contributed by atoms with Crippen molar-refractivity contribution >= 4 is 0 Å². The molecule has 0 aliphatic carbocycles. The van der Waals surface area contributed by atoms with Crippen molar-refractivity contribution in [1.82, 2.24) is 5.32 Å². The fraction of sp³-hybridized carbons (Fsp3) is 0.500. The molecule has 16 heavy (non-hydrogen) atoms. The molecule has 86 valence electrons. The van der Waals surface area contributed by atoms with Gasteiger partial charge in [-0.05, 0) is 31.5 Å². The summed E-state index contributed by atoms with van der Waals surface area (Å²) in [5.74, 6) is 0. The minimum atomic E-state index is -0.244. The van der Waals surface area contributed by atoms with Crippen molar-refractivity contribution in [3.63, 3.8) is 0 Å². The summed E-state index contributed by atoms with van der Waals surface area (Å²) < 4.78 is 0. The highest BCUT2D eigenvalue weighted by molar-refractivity contribution is 5.32. The predicted molar refractivity (Wildman–Crippen MR) is 67.2 cm³/mol. The lowest BCUT2D eigenvalue weighted by Crippen LogP contribution is -2.38. The monoisotopic (exact) mass is 216 g/mol. The number of nitrogens with zero attached hydrogens (tertiary/aromatic N) is 1. The number of hydrogen-bond acceptors (Lipinski definition) is 2. The molecule has 1 aliphatic rings. The molecule has 1 aliphatic heterocycles. The van der Waals surface area contributed by atoms with Crippen LogP contribution in [0.15, 0.2) is 30.3 Å². The minimum Gasteiger partial charge on any atom is -0.317 e. The van der Waals surface area contributed by atoms with Gasteiger partial charge in [0.05, 0.1) is 11.5 Å². The molecule has 0 spiro atoms. The Labute approximate surface area is 98.3 Å². The Balaban J connectivity index is 0.000000606. The Morgan fingerprint density at radius 3 is 2.19 bits per heavy atom. The van der Waals surface area contributed by atoms with Gasteiger partial charge in [-0.3, -0.25) is 0 Å². The van der Waals surface area contributed by atoms with Crippen LogP contribution in [0.1, 0.15) is 32.3 Å². The van der Waals surface area contributed by atoms with E-state index in [0.717, 1.165) is 25.9 Å². The molecule has 2 nitrogen and oxygen atoms in total. The van der Waals surface area contributed by atoms with Crippen LogP contribution in [0.3, 0.4) is 0 Å². The largest absolute Gasteiger partial charge is 0.317 e. The van der Waals surface area contributed by atoms with Gasteiger partial charge in [-0.25, -0.2) is 0 Å². The van der Waals surface area contributed by atoms with Gasteiger partial charge in [-0.2, -0.15) is 5.26 Å². The summed E-state index contributed by atoms with van der Waals surface area (Å²) in [6, 6.07) is 12.6. The number of nitriles is 1. The first-order valence-electron chi connectivity index (χ1n) is 6.05. The first-order valence-corrected chi connectivity index (χ1v) is 6.05. The molecule has 0 amide bonds. The Bertz CT molecular complexity index is 332. The average Bonchev–Trinajstić information content (AvgIpc) is 2.43. The molecule has 0 aromatic heterocycles. The summed E-state index contributed by atoms with van der Waals surface area (Å²) in [6.45, 7) is 5.89. The Morgan fingerprint density at radius 1 is 1.12 bits per heavy atom. The number of nitrogens with one attached hydrogen (secondary N) is 1. The Kier molecular flexibility index (Phi) is 5.01. The van der Waals surface area contributed by atoms with Crippen LogP contribution in [0, 0.1) is 11.3 Å². The van der Waals surface area contributed by atoms with Crippen molar-refractivity contribution in [3.05, 3.63) is 35.9 Å². The molecule has 1 fully saturated rings. The lowest BCUT2D eigenvalue weighted by molar-refractivity contribution is 0.382. The third kappa shape index (κ3) is 2.62. The third-order valence-corrected chi connectivity index (χ3v) is 3.00. The van der Waals surface area contributed by atoms with E-state index < -0.39 is 0 Å². The van der Waals surface area contributed by atoms with Crippen molar-refractivity contribution in [1.29, 1.82) is 5.26 Å². The second kappa shape index (κ2) is 6.30. The van der Waals surface area contributed by atoms with E-state index in [2.05, 4.69) is 23.5 Å². The molecule has 0 bridgehead atoms. The Hall–Kier alpha value is -1.33. The maximum atomic E-state index is 9.32. The molecule has 1 saturated heterocycles. The van der Waals surface area contributed by atoms with Crippen molar-refractivity contribution in [2.45, 2.75) is 32.1 Å². The van der Waals surface area contributed by atoms with Gasteiger partial charge < -0.3 is 5.32 Å². The Morgan fingerprint density at radius 2 is 1.69 bits per heavy atom. The van der Waals surface area contributed by atoms with Gasteiger partial charge in [-0.15, -0.1) is 0 Å². The number of benzene rings is 1. The van der Waals surface area contributed by atoms with Gasteiger partial charge in [0.2, 0.25) is 0 Å². The topological polar surface area (TPSA) is 35.8 Å². The SMILES string of the molecule is CC.N#CC1(c2ccccc2)CCNCC1. The quantitative estimate of drug-likeness (QED) is 0.783.